The van der Waals surface area contributed by atoms with Crippen LogP contribution in [0, 0.1) is 18.8 Å². The average molecular weight is 413 g/mol. The zero-order valence-corrected chi connectivity index (χ0v) is 18.2. The highest BCUT2D eigenvalue weighted by Gasteiger charge is 2.54. The molecule has 2 aromatic rings. The Morgan fingerprint density at radius 2 is 2.21 bits per heavy atom. The molecule has 4 unspecified atom stereocenters. The first-order valence-electron chi connectivity index (χ1n) is 10.2. The molecule has 0 bridgehead atoms. The maximum atomic E-state index is 12.0. The summed E-state index contributed by atoms with van der Waals surface area (Å²) in [5.41, 5.74) is 3.77. The molecule has 2 aliphatic rings. The number of hydrogen-bond acceptors (Lipinski definition) is 5. The van der Waals surface area contributed by atoms with E-state index in [1.807, 2.05) is 20.8 Å². The fourth-order valence-electron chi connectivity index (χ4n) is 4.43. The Labute approximate surface area is 175 Å². The Hall–Kier alpha value is -2.41. The van der Waals surface area contributed by atoms with E-state index in [4.69, 9.17) is 4.74 Å². The van der Waals surface area contributed by atoms with Gasteiger partial charge in [-0.15, -0.1) is 11.3 Å². The van der Waals surface area contributed by atoms with Crippen LogP contribution in [0.4, 0.5) is 0 Å². The number of esters is 1. The minimum absolute atomic E-state index is 0.0486. The van der Waals surface area contributed by atoms with E-state index in [9.17, 15) is 4.79 Å². The van der Waals surface area contributed by atoms with Crippen molar-refractivity contribution in [2.24, 2.45) is 16.8 Å². The molecule has 1 fully saturated rings. The van der Waals surface area contributed by atoms with Crippen molar-refractivity contribution in [3.05, 3.63) is 51.0 Å². The van der Waals surface area contributed by atoms with Gasteiger partial charge in [0.2, 0.25) is 0 Å². The number of thiazole rings is 1. The van der Waals surface area contributed by atoms with E-state index in [2.05, 4.69) is 44.9 Å². The summed E-state index contributed by atoms with van der Waals surface area (Å²) in [6.45, 7) is 6.96. The lowest BCUT2D eigenvalue weighted by molar-refractivity contribution is 0.0531. The minimum Gasteiger partial charge on any atom is -0.462 e. The molecule has 0 saturated heterocycles. The number of aromatic nitrogens is 1. The van der Waals surface area contributed by atoms with E-state index in [1.54, 1.807) is 7.05 Å². The van der Waals surface area contributed by atoms with E-state index in [-0.39, 0.29) is 12.0 Å². The van der Waals surface area contributed by atoms with Gasteiger partial charge in [0, 0.05) is 13.6 Å². The number of hydrogen-bond donors (Lipinski definition) is 2. The zero-order chi connectivity index (χ0) is 20.5. The van der Waals surface area contributed by atoms with Crippen LogP contribution in [0.2, 0.25) is 0 Å². The van der Waals surface area contributed by atoms with Crippen molar-refractivity contribution in [1.29, 1.82) is 0 Å². The highest BCUT2D eigenvalue weighted by atomic mass is 32.1. The number of aryl methyl sites for hydroxylation is 1. The van der Waals surface area contributed by atoms with E-state index < -0.39 is 0 Å². The molecule has 29 heavy (non-hydrogen) atoms. The third-order valence-corrected chi connectivity index (χ3v) is 7.25. The van der Waals surface area contributed by atoms with E-state index in [1.165, 1.54) is 28.9 Å². The van der Waals surface area contributed by atoms with Crippen molar-refractivity contribution < 1.29 is 9.53 Å². The van der Waals surface area contributed by atoms with Gasteiger partial charge in [0.1, 0.15) is 9.88 Å². The number of aliphatic imine (C=N–C) groups is 1. The summed E-state index contributed by atoms with van der Waals surface area (Å²) in [5, 5.41) is 7.73. The largest absolute Gasteiger partial charge is 0.462 e. The van der Waals surface area contributed by atoms with Crippen molar-refractivity contribution >= 4 is 23.3 Å². The first-order valence-corrected chi connectivity index (χ1v) is 11.0. The lowest BCUT2D eigenvalue weighted by Crippen LogP contribution is -2.40. The molecule has 0 amide bonds. The van der Waals surface area contributed by atoms with Crippen molar-refractivity contribution in [2.75, 3.05) is 20.2 Å². The second-order valence-electron chi connectivity index (χ2n) is 7.76. The topological polar surface area (TPSA) is 75.6 Å². The van der Waals surface area contributed by atoms with E-state index in [0.29, 0.717) is 29.0 Å². The third kappa shape index (κ3) is 3.88. The van der Waals surface area contributed by atoms with Crippen molar-refractivity contribution in [3.8, 4) is 0 Å². The van der Waals surface area contributed by atoms with Gasteiger partial charge in [-0.1, -0.05) is 24.3 Å². The predicted molar refractivity (Wildman–Crippen MR) is 116 cm³/mol. The van der Waals surface area contributed by atoms with Crippen LogP contribution in [0.5, 0.6) is 0 Å². The van der Waals surface area contributed by atoms with Gasteiger partial charge >= 0.3 is 5.97 Å². The van der Waals surface area contributed by atoms with E-state index >= 15 is 0 Å². The van der Waals surface area contributed by atoms with Gasteiger partial charge in [-0.05, 0) is 56.1 Å². The maximum absolute atomic E-state index is 12.0. The molecular weight excluding hydrogens is 384 g/mol. The molecule has 0 spiro atoms. The Balaban J connectivity index is 1.32. The second-order valence-corrected chi connectivity index (χ2v) is 8.79. The molecule has 1 heterocycles. The van der Waals surface area contributed by atoms with Gasteiger partial charge in [0.15, 0.2) is 5.96 Å². The number of carbonyl (C=O) groups is 1. The maximum Gasteiger partial charge on any atom is 0.350 e. The number of ether oxygens (including phenoxy) is 1. The molecule has 1 aromatic carbocycles. The molecule has 154 valence electrons. The van der Waals surface area contributed by atoms with Crippen LogP contribution in [0.25, 0.3) is 0 Å². The fourth-order valence-corrected chi connectivity index (χ4v) is 5.39. The summed E-state index contributed by atoms with van der Waals surface area (Å²) in [5.74, 6) is 2.61. The predicted octanol–water partition coefficient (Wildman–Crippen LogP) is 3.44. The van der Waals surface area contributed by atoms with Gasteiger partial charge in [-0.2, -0.15) is 0 Å². The van der Waals surface area contributed by atoms with Crippen LogP contribution in [-0.4, -0.2) is 37.1 Å². The number of fused-ring (bicyclic) bond motifs is 3. The Kier molecular flexibility index (Phi) is 5.58. The molecular formula is C22H28N4O2S. The number of nitrogens with one attached hydrogen (secondary N) is 2. The average Bonchev–Trinajstić information content (AvgIpc) is 3.05. The smallest absolute Gasteiger partial charge is 0.350 e. The SMILES string of the molecule is CCOC(=O)c1sc(C(C)NC(=NC)NCC2C3Cc4ccccc4C23)nc1C. The first kappa shape index (κ1) is 19.9. The molecule has 2 aliphatic carbocycles. The minimum atomic E-state index is -0.302. The van der Waals surface area contributed by atoms with Crippen LogP contribution < -0.4 is 10.6 Å². The Bertz CT molecular complexity index is 939. The molecule has 2 N–H and O–H groups in total. The molecule has 0 aliphatic heterocycles. The van der Waals surface area contributed by atoms with Gasteiger partial charge in [-0.3, -0.25) is 4.99 Å². The third-order valence-electron chi connectivity index (χ3n) is 5.93. The monoisotopic (exact) mass is 412 g/mol. The summed E-state index contributed by atoms with van der Waals surface area (Å²) < 4.78 is 5.11. The molecule has 6 nitrogen and oxygen atoms in total. The summed E-state index contributed by atoms with van der Waals surface area (Å²) in [6, 6.07) is 8.77. The number of rotatable bonds is 6. The zero-order valence-electron chi connectivity index (χ0n) is 17.4. The van der Waals surface area contributed by atoms with Crippen molar-refractivity contribution in [2.45, 2.75) is 39.2 Å². The number of benzene rings is 1. The summed E-state index contributed by atoms with van der Waals surface area (Å²) in [4.78, 5) is 21.5. The lowest BCUT2D eigenvalue weighted by atomic mass is 10.0. The Morgan fingerprint density at radius 3 is 2.97 bits per heavy atom. The highest BCUT2D eigenvalue weighted by molar-refractivity contribution is 7.13. The van der Waals surface area contributed by atoms with Crippen LogP contribution in [0.3, 0.4) is 0 Å². The molecule has 0 radical (unpaired) electrons. The fraction of sp³-hybridized carbons (Fsp3) is 0.500. The molecule has 4 rings (SSSR count). The number of guanidine groups is 1. The van der Waals surface area contributed by atoms with Crippen LogP contribution in [0.1, 0.15) is 57.3 Å². The first-order chi connectivity index (χ1) is 14.0. The highest BCUT2D eigenvalue weighted by Crippen LogP contribution is 2.60. The second kappa shape index (κ2) is 8.14. The summed E-state index contributed by atoms with van der Waals surface area (Å²) in [7, 11) is 1.78. The van der Waals surface area contributed by atoms with Gasteiger partial charge in [-0.25, -0.2) is 9.78 Å². The van der Waals surface area contributed by atoms with Gasteiger partial charge in [0.25, 0.3) is 0 Å². The van der Waals surface area contributed by atoms with Crippen molar-refractivity contribution in [3.63, 3.8) is 0 Å². The number of carbonyl (C=O) groups excluding carboxylic acids is 1. The molecule has 1 aromatic heterocycles. The summed E-state index contributed by atoms with van der Waals surface area (Å²) in [6.07, 6.45) is 1.20. The van der Waals surface area contributed by atoms with Crippen LogP contribution >= 0.6 is 11.3 Å². The molecule has 7 heteroatoms. The van der Waals surface area contributed by atoms with Gasteiger partial charge < -0.3 is 15.4 Å². The van der Waals surface area contributed by atoms with Crippen LogP contribution in [0.15, 0.2) is 29.3 Å². The van der Waals surface area contributed by atoms with Crippen LogP contribution in [-0.2, 0) is 11.2 Å². The lowest BCUT2D eigenvalue weighted by Gasteiger charge is -2.17. The quantitative estimate of drug-likeness (QED) is 0.432. The molecule has 4 atom stereocenters. The summed E-state index contributed by atoms with van der Waals surface area (Å²) >= 11 is 1.38. The number of nitrogens with zero attached hydrogens (tertiary/aromatic N) is 2. The Morgan fingerprint density at radius 1 is 1.41 bits per heavy atom. The van der Waals surface area contributed by atoms with E-state index in [0.717, 1.165) is 23.4 Å². The molecule has 1 saturated carbocycles. The standard InChI is InChI=1S/C22H28N4O2S/c1-5-28-21(27)19-12(2)25-20(29-19)13(3)26-22(23-4)24-11-17-16-10-14-8-6-7-9-15(14)18(16)17/h6-9,13,16-18H,5,10-11H2,1-4H3,(H2,23,24,26). The normalized spacial score (nSPS) is 23.2. The van der Waals surface area contributed by atoms with Gasteiger partial charge in [0.05, 0.1) is 18.3 Å². The van der Waals surface area contributed by atoms with Crippen molar-refractivity contribution in [1.82, 2.24) is 15.6 Å².